The van der Waals surface area contributed by atoms with Crippen LogP contribution in [-0.2, 0) is 6.42 Å². The van der Waals surface area contributed by atoms with Gasteiger partial charge < -0.3 is 0 Å². The van der Waals surface area contributed by atoms with Crippen molar-refractivity contribution in [2.75, 3.05) is 0 Å². The molecule has 256 valence electrons. The lowest BCUT2D eigenvalue weighted by atomic mass is 9.92. The number of rotatable bonds is 8. The van der Waals surface area contributed by atoms with Crippen LogP contribution in [0.1, 0.15) is 23.6 Å². The zero-order valence-electron chi connectivity index (χ0n) is 30.2. The van der Waals surface area contributed by atoms with Crippen molar-refractivity contribution in [1.29, 1.82) is 0 Å². The molecule has 0 saturated carbocycles. The predicted octanol–water partition coefficient (Wildman–Crippen LogP) is 13.6. The molecule has 0 atom stereocenters. The largest absolute Gasteiger partial charge is 0.264 e. The van der Waals surface area contributed by atoms with Crippen molar-refractivity contribution in [1.82, 2.24) is 4.98 Å². The molecular weight excluding hydrogens is 653 g/mol. The Kier molecular flexibility index (Phi) is 8.92. The number of benzene rings is 8. The molecule has 9 aromatic rings. The highest BCUT2D eigenvalue weighted by Crippen LogP contribution is 2.37. The maximum Gasteiger partial charge on any atom is 0.0668 e. The van der Waals surface area contributed by atoms with Crippen LogP contribution in [0, 0.1) is 0 Å². The van der Waals surface area contributed by atoms with E-state index in [1.165, 1.54) is 60.1 Å². The van der Waals surface area contributed by atoms with Crippen molar-refractivity contribution >= 4 is 43.7 Å². The molecule has 54 heavy (non-hydrogen) atoms. The summed E-state index contributed by atoms with van der Waals surface area (Å²) in [5.41, 5.74) is 12.4. The average Bonchev–Trinajstić information content (AvgIpc) is 3.26. The fourth-order valence-corrected chi connectivity index (χ4v) is 7.55. The van der Waals surface area contributed by atoms with Crippen molar-refractivity contribution in [3.63, 3.8) is 0 Å². The monoisotopic (exact) mass is 690 g/mol. The van der Waals surface area contributed by atoms with Crippen molar-refractivity contribution in [3.8, 4) is 33.4 Å². The summed E-state index contributed by atoms with van der Waals surface area (Å²) in [5.74, 6) is 0. The number of allylic oxidation sites excluding steroid dienone is 1. The van der Waals surface area contributed by atoms with E-state index in [1.807, 2.05) is 12.3 Å². The lowest BCUT2D eigenvalue weighted by molar-refractivity contribution is 1.26. The van der Waals surface area contributed by atoms with Gasteiger partial charge in [-0.1, -0.05) is 176 Å². The molecular formula is C52H38N2. The molecule has 0 N–H and O–H groups in total. The Hall–Kier alpha value is -6.90. The molecule has 0 aliphatic heterocycles. The van der Waals surface area contributed by atoms with E-state index in [0.717, 1.165) is 40.1 Å². The topological polar surface area (TPSA) is 25.2 Å². The Morgan fingerprint density at radius 1 is 0.444 bits per heavy atom. The van der Waals surface area contributed by atoms with Crippen LogP contribution in [0.2, 0.25) is 0 Å². The quantitative estimate of drug-likeness (QED) is 0.115. The molecule has 0 aliphatic rings. The van der Waals surface area contributed by atoms with Gasteiger partial charge in [-0.15, -0.1) is 0 Å². The average molecular weight is 691 g/mol. The molecule has 0 bridgehead atoms. The van der Waals surface area contributed by atoms with Gasteiger partial charge in [-0.25, -0.2) is 0 Å². The van der Waals surface area contributed by atoms with E-state index in [-0.39, 0.29) is 0 Å². The van der Waals surface area contributed by atoms with Gasteiger partial charge in [0.05, 0.1) is 5.70 Å². The third-order valence-electron chi connectivity index (χ3n) is 10.4. The van der Waals surface area contributed by atoms with Crippen LogP contribution in [0.15, 0.2) is 205 Å². The molecule has 0 aliphatic carbocycles. The maximum atomic E-state index is 5.29. The maximum absolute atomic E-state index is 5.29. The molecule has 2 nitrogen and oxygen atoms in total. The van der Waals surface area contributed by atoms with Crippen LogP contribution in [0.5, 0.6) is 0 Å². The minimum Gasteiger partial charge on any atom is -0.264 e. The van der Waals surface area contributed by atoms with Crippen LogP contribution in [0.3, 0.4) is 0 Å². The summed E-state index contributed by atoms with van der Waals surface area (Å²) in [5, 5.41) is 7.73. The SMILES string of the molecule is C/C(=N\C(=C/Cc1cccc(-c2ccccc2)c1)c1ccc(-c2cccnc2)cc1)c1ccc(-c2ccc3c4ccccc4c4ccccc4c3c2)cc1. The molecule has 9 rings (SSSR count). The van der Waals surface area contributed by atoms with Gasteiger partial charge in [-0.05, 0) is 108 Å². The standard InChI is InChI=1S/C52H38N2/c1-36(38-21-23-40(24-22-38)44-29-30-50-48-18-6-5-16-46(48)47-17-7-8-19-49(47)51(50)34-44)54-52(42-27-25-41(26-28-42)45-15-10-32-53-35-45)31-20-37-11-9-14-43(33-37)39-12-3-2-4-13-39/h2-19,21-35H,20H2,1H3/b52-31-,54-36+. The Morgan fingerprint density at radius 2 is 0.963 bits per heavy atom. The summed E-state index contributed by atoms with van der Waals surface area (Å²) >= 11 is 0. The summed E-state index contributed by atoms with van der Waals surface area (Å²) < 4.78 is 0. The third-order valence-corrected chi connectivity index (χ3v) is 10.4. The number of aromatic nitrogens is 1. The molecule has 0 saturated heterocycles. The van der Waals surface area contributed by atoms with Crippen LogP contribution < -0.4 is 0 Å². The van der Waals surface area contributed by atoms with E-state index < -0.39 is 0 Å². The lowest BCUT2D eigenvalue weighted by Crippen LogP contribution is -1.97. The molecule has 0 radical (unpaired) electrons. The first-order valence-corrected chi connectivity index (χ1v) is 18.5. The highest BCUT2D eigenvalue weighted by molar-refractivity contribution is 6.25. The Bertz CT molecular complexity index is 2780. The van der Waals surface area contributed by atoms with Gasteiger partial charge in [0, 0.05) is 18.1 Å². The van der Waals surface area contributed by atoms with Gasteiger partial charge in [0.15, 0.2) is 0 Å². The minimum absolute atomic E-state index is 0.766. The smallest absolute Gasteiger partial charge is 0.0668 e. The molecule has 1 aromatic heterocycles. The van der Waals surface area contributed by atoms with Crippen LogP contribution >= 0.6 is 0 Å². The normalized spacial score (nSPS) is 12.1. The Labute approximate surface area is 316 Å². The van der Waals surface area contributed by atoms with Gasteiger partial charge in [0.25, 0.3) is 0 Å². The van der Waals surface area contributed by atoms with Crippen LogP contribution in [0.4, 0.5) is 0 Å². The van der Waals surface area contributed by atoms with Gasteiger partial charge in [-0.2, -0.15) is 0 Å². The highest BCUT2D eigenvalue weighted by atomic mass is 14.8. The summed E-state index contributed by atoms with van der Waals surface area (Å²) in [6.07, 6.45) is 6.73. The second kappa shape index (κ2) is 14.6. The minimum atomic E-state index is 0.766. The van der Waals surface area contributed by atoms with Crippen molar-refractivity contribution in [3.05, 3.63) is 217 Å². The predicted molar refractivity (Wildman–Crippen MR) is 230 cm³/mol. The fraction of sp³-hybridized carbons (Fsp3) is 0.0385. The van der Waals surface area contributed by atoms with E-state index in [4.69, 9.17) is 4.99 Å². The van der Waals surface area contributed by atoms with Crippen LogP contribution in [0.25, 0.3) is 71.4 Å². The van der Waals surface area contributed by atoms with Crippen molar-refractivity contribution in [2.24, 2.45) is 4.99 Å². The Balaban J connectivity index is 1.05. The fourth-order valence-electron chi connectivity index (χ4n) is 7.55. The van der Waals surface area contributed by atoms with E-state index in [9.17, 15) is 0 Å². The number of pyridine rings is 1. The van der Waals surface area contributed by atoms with E-state index in [0.29, 0.717) is 0 Å². The first kappa shape index (κ1) is 33.0. The van der Waals surface area contributed by atoms with Crippen molar-refractivity contribution < 1.29 is 0 Å². The first-order chi connectivity index (χ1) is 26.7. The van der Waals surface area contributed by atoms with Gasteiger partial charge in [0.1, 0.15) is 0 Å². The van der Waals surface area contributed by atoms with Crippen LogP contribution in [-0.4, -0.2) is 10.7 Å². The molecule has 0 fully saturated rings. The molecule has 1 heterocycles. The second-order valence-corrected chi connectivity index (χ2v) is 13.8. The highest BCUT2D eigenvalue weighted by Gasteiger charge is 2.11. The molecule has 0 spiro atoms. The third kappa shape index (κ3) is 6.62. The molecule has 2 heteroatoms. The van der Waals surface area contributed by atoms with E-state index >= 15 is 0 Å². The van der Waals surface area contributed by atoms with E-state index in [2.05, 4.69) is 194 Å². The summed E-state index contributed by atoms with van der Waals surface area (Å²) in [4.78, 5) is 9.60. The summed E-state index contributed by atoms with van der Waals surface area (Å²) in [6.45, 7) is 2.11. The second-order valence-electron chi connectivity index (χ2n) is 13.8. The molecule has 8 aromatic carbocycles. The first-order valence-electron chi connectivity index (χ1n) is 18.5. The zero-order chi connectivity index (χ0) is 36.3. The number of hydrogen-bond acceptors (Lipinski definition) is 2. The lowest BCUT2D eigenvalue weighted by Gasteiger charge is -2.12. The van der Waals surface area contributed by atoms with Crippen molar-refractivity contribution in [2.45, 2.75) is 13.3 Å². The van der Waals surface area contributed by atoms with Gasteiger partial charge >= 0.3 is 0 Å². The number of fused-ring (bicyclic) bond motifs is 6. The zero-order valence-corrected chi connectivity index (χ0v) is 30.2. The number of hydrogen-bond donors (Lipinski definition) is 0. The summed E-state index contributed by atoms with van der Waals surface area (Å²) in [6, 6.07) is 65.3. The molecule has 0 amide bonds. The number of nitrogens with zero attached hydrogens (tertiary/aromatic N) is 2. The van der Waals surface area contributed by atoms with Gasteiger partial charge in [0.2, 0.25) is 0 Å². The Morgan fingerprint density at radius 3 is 1.63 bits per heavy atom. The number of aliphatic imine (C=N–C) groups is 1. The summed E-state index contributed by atoms with van der Waals surface area (Å²) in [7, 11) is 0. The van der Waals surface area contributed by atoms with Gasteiger partial charge in [-0.3, -0.25) is 9.98 Å². The molecule has 0 unspecified atom stereocenters. The van der Waals surface area contributed by atoms with E-state index in [1.54, 1.807) is 6.20 Å².